The number of carboxylic acids is 1. The van der Waals surface area contributed by atoms with E-state index in [0.29, 0.717) is 0 Å². The maximum Gasteiger partial charge on any atom is 0.308 e. The summed E-state index contributed by atoms with van der Waals surface area (Å²) in [5.41, 5.74) is 0.171. The Hall–Kier alpha value is -1.36. The van der Waals surface area contributed by atoms with Gasteiger partial charge in [-0.15, -0.1) is 0 Å². The van der Waals surface area contributed by atoms with E-state index in [4.69, 9.17) is 5.11 Å². The minimum absolute atomic E-state index is 0.131. The van der Waals surface area contributed by atoms with Crippen LogP contribution in [0.5, 0.6) is 0 Å². The van der Waals surface area contributed by atoms with E-state index in [0.717, 1.165) is 10.0 Å². The monoisotopic (exact) mass is 327 g/mol. The Bertz CT molecular complexity index is 485. The molecule has 0 spiro atoms. The number of halogens is 1. The summed E-state index contributed by atoms with van der Waals surface area (Å²) in [6.07, 6.45) is 0. The zero-order chi connectivity index (χ0) is 14.6. The van der Waals surface area contributed by atoms with Crippen LogP contribution in [-0.4, -0.2) is 23.5 Å². The average molecular weight is 328 g/mol. The molecular weight excluding hydrogens is 310 g/mol. The molecule has 0 aliphatic rings. The van der Waals surface area contributed by atoms with Crippen molar-refractivity contribution in [3.63, 3.8) is 0 Å². The summed E-state index contributed by atoms with van der Waals surface area (Å²) in [6, 6.07) is 7.53. The van der Waals surface area contributed by atoms with Gasteiger partial charge in [0.1, 0.15) is 0 Å². The van der Waals surface area contributed by atoms with Gasteiger partial charge in [-0.1, -0.05) is 35.0 Å². The molecule has 5 heteroatoms. The first-order valence-corrected chi connectivity index (χ1v) is 6.81. The van der Waals surface area contributed by atoms with E-state index < -0.39 is 17.3 Å². The lowest BCUT2D eigenvalue weighted by molar-refractivity contribution is -0.141. The summed E-state index contributed by atoms with van der Waals surface area (Å²) in [7, 11) is 0. The summed E-state index contributed by atoms with van der Waals surface area (Å²) in [5, 5.41) is 11.5. The number of amides is 1. The molecule has 1 rings (SSSR count). The second-order valence-corrected chi connectivity index (χ2v) is 6.00. The van der Waals surface area contributed by atoms with Gasteiger partial charge in [0.15, 0.2) is 0 Å². The molecule has 0 saturated heterocycles. The molecule has 0 radical (unpaired) electrons. The van der Waals surface area contributed by atoms with E-state index in [1.165, 1.54) is 0 Å². The summed E-state index contributed by atoms with van der Waals surface area (Å²) < 4.78 is 0.907. The first-order valence-electron chi connectivity index (χ1n) is 6.02. The van der Waals surface area contributed by atoms with Crippen LogP contribution in [0.3, 0.4) is 0 Å². The maximum atomic E-state index is 12.2. The molecular formula is C14H18BrNO3. The molecule has 1 unspecified atom stereocenters. The van der Waals surface area contributed by atoms with Crippen LogP contribution in [0.25, 0.3) is 0 Å². The van der Waals surface area contributed by atoms with Crippen molar-refractivity contribution >= 4 is 27.8 Å². The lowest BCUT2D eigenvalue weighted by Crippen LogP contribution is -2.42. The third kappa shape index (κ3) is 4.06. The van der Waals surface area contributed by atoms with Crippen LogP contribution in [-0.2, 0) is 15.0 Å². The molecule has 104 valence electrons. The van der Waals surface area contributed by atoms with Crippen molar-refractivity contribution in [2.45, 2.75) is 26.2 Å². The Morgan fingerprint density at radius 1 is 1.42 bits per heavy atom. The van der Waals surface area contributed by atoms with Crippen molar-refractivity contribution < 1.29 is 14.7 Å². The quantitative estimate of drug-likeness (QED) is 0.873. The SMILES string of the molecule is CC(CNC(=O)C(C)(C)c1cccc(Br)c1)C(=O)O. The highest BCUT2D eigenvalue weighted by Gasteiger charge is 2.30. The molecule has 0 aliphatic heterocycles. The number of carbonyl (C=O) groups excluding carboxylic acids is 1. The molecule has 0 fully saturated rings. The summed E-state index contributed by atoms with van der Waals surface area (Å²) in [6.45, 7) is 5.32. The number of carbonyl (C=O) groups is 2. The van der Waals surface area contributed by atoms with Crippen LogP contribution >= 0.6 is 15.9 Å². The smallest absolute Gasteiger partial charge is 0.308 e. The fourth-order valence-corrected chi connectivity index (χ4v) is 1.96. The Labute approximate surface area is 121 Å². The molecule has 1 atom stereocenters. The van der Waals surface area contributed by atoms with Crippen molar-refractivity contribution in [1.82, 2.24) is 5.32 Å². The Morgan fingerprint density at radius 2 is 2.05 bits per heavy atom. The van der Waals surface area contributed by atoms with Crippen molar-refractivity contribution in [2.75, 3.05) is 6.54 Å². The van der Waals surface area contributed by atoms with Gasteiger partial charge in [-0.25, -0.2) is 0 Å². The van der Waals surface area contributed by atoms with Crippen LogP contribution in [0.15, 0.2) is 28.7 Å². The Balaban J connectivity index is 2.77. The van der Waals surface area contributed by atoms with E-state index >= 15 is 0 Å². The molecule has 1 aromatic carbocycles. The van der Waals surface area contributed by atoms with Gasteiger partial charge in [-0.2, -0.15) is 0 Å². The highest BCUT2D eigenvalue weighted by atomic mass is 79.9. The van der Waals surface area contributed by atoms with Crippen LogP contribution in [0.1, 0.15) is 26.3 Å². The third-order valence-corrected chi connectivity index (χ3v) is 3.60. The van der Waals surface area contributed by atoms with Gasteiger partial charge in [0.25, 0.3) is 0 Å². The van der Waals surface area contributed by atoms with Gasteiger partial charge in [0.05, 0.1) is 11.3 Å². The molecule has 1 aromatic rings. The van der Waals surface area contributed by atoms with E-state index in [-0.39, 0.29) is 12.5 Å². The van der Waals surface area contributed by atoms with Gasteiger partial charge >= 0.3 is 5.97 Å². The second-order valence-electron chi connectivity index (χ2n) is 5.08. The fourth-order valence-electron chi connectivity index (χ4n) is 1.56. The fraction of sp³-hybridized carbons (Fsp3) is 0.429. The zero-order valence-electron chi connectivity index (χ0n) is 11.2. The molecule has 19 heavy (non-hydrogen) atoms. The van der Waals surface area contributed by atoms with Crippen molar-refractivity contribution in [3.05, 3.63) is 34.3 Å². The molecule has 4 nitrogen and oxygen atoms in total. The highest BCUT2D eigenvalue weighted by Crippen LogP contribution is 2.26. The first-order chi connectivity index (χ1) is 8.75. The van der Waals surface area contributed by atoms with E-state index in [1.807, 2.05) is 38.1 Å². The summed E-state index contributed by atoms with van der Waals surface area (Å²) in [5.74, 6) is -1.69. The molecule has 0 saturated carbocycles. The lowest BCUT2D eigenvalue weighted by atomic mass is 9.83. The van der Waals surface area contributed by atoms with Crippen LogP contribution < -0.4 is 5.32 Å². The largest absolute Gasteiger partial charge is 0.481 e. The minimum atomic E-state index is -0.916. The first kappa shape index (κ1) is 15.7. The van der Waals surface area contributed by atoms with Crippen LogP contribution in [0.4, 0.5) is 0 Å². The van der Waals surface area contributed by atoms with E-state index in [2.05, 4.69) is 21.2 Å². The topological polar surface area (TPSA) is 66.4 Å². The van der Waals surface area contributed by atoms with E-state index in [9.17, 15) is 9.59 Å². The number of aliphatic carboxylic acids is 1. The molecule has 0 aliphatic carbocycles. The molecule has 2 N–H and O–H groups in total. The summed E-state index contributed by atoms with van der Waals surface area (Å²) >= 11 is 3.38. The number of nitrogens with one attached hydrogen (secondary N) is 1. The number of benzene rings is 1. The molecule has 0 bridgehead atoms. The van der Waals surface area contributed by atoms with Crippen molar-refractivity contribution in [2.24, 2.45) is 5.92 Å². The predicted molar refractivity (Wildman–Crippen MR) is 77.0 cm³/mol. The molecule has 0 heterocycles. The van der Waals surface area contributed by atoms with Gasteiger partial charge in [0.2, 0.25) is 5.91 Å². The Kier molecular flexibility index (Phi) is 5.11. The van der Waals surface area contributed by atoms with Gasteiger partial charge in [0, 0.05) is 11.0 Å². The third-order valence-electron chi connectivity index (χ3n) is 3.10. The zero-order valence-corrected chi connectivity index (χ0v) is 12.8. The number of rotatable bonds is 5. The van der Waals surface area contributed by atoms with Gasteiger partial charge in [-0.3, -0.25) is 9.59 Å². The maximum absolute atomic E-state index is 12.2. The predicted octanol–water partition coefficient (Wildman–Crippen LogP) is 2.56. The van der Waals surface area contributed by atoms with Crippen molar-refractivity contribution in [1.29, 1.82) is 0 Å². The average Bonchev–Trinajstić information content (AvgIpc) is 2.35. The van der Waals surface area contributed by atoms with Crippen LogP contribution in [0, 0.1) is 5.92 Å². The normalized spacial score (nSPS) is 12.8. The Morgan fingerprint density at radius 3 is 2.58 bits per heavy atom. The number of hydrogen-bond donors (Lipinski definition) is 2. The van der Waals surface area contributed by atoms with Crippen molar-refractivity contribution in [3.8, 4) is 0 Å². The van der Waals surface area contributed by atoms with E-state index in [1.54, 1.807) is 6.92 Å². The van der Waals surface area contributed by atoms with Crippen LogP contribution in [0.2, 0.25) is 0 Å². The highest BCUT2D eigenvalue weighted by molar-refractivity contribution is 9.10. The molecule has 0 aromatic heterocycles. The lowest BCUT2D eigenvalue weighted by Gasteiger charge is -2.25. The second kappa shape index (κ2) is 6.19. The molecule has 1 amide bonds. The van der Waals surface area contributed by atoms with Gasteiger partial charge in [-0.05, 0) is 31.5 Å². The van der Waals surface area contributed by atoms with Gasteiger partial charge < -0.3 is 10.4 Å². The summed E-state index contributed by atoms with van der Waals surface area (Å²) in [4.78, 5) is 22.9. The standard InChI is InChI=1S/C14H18BrNO3/c1-9(12(17)18)8-16-13(19)14(2,3)10-5-4-6-11(15)7-10/h4-7,9H,8H2,1-3H3,(H,16,19)(H,17,18). The number of hydrogen-bond acceptors (Lipinski definition) is 2. The number of carboxylic acid groups (broad SMARTS) is 1. The minimum Gasteiger partial charge on any atom is -0.481 e.